The van der Waals surface area contributed by atoms with Gasteiger partial charge in [0.05, 0.1) is 18.1 Å². The van der Waals surface area contributed by atoms with E-state index in [4.69, 9.17) is 0 Å². The molecule has 72 valence electrons. The molecule has 0 aromatic carbocycles. The van der Waals surface area contributed by atoms with Gasteiger partial charge in [0.15, 0.2) is 0 Å². The zero-order valence-corrected chi connectivity index (χ0v) is 8.49. The van der Waals surface area contributed by atoms with Gasteiger partial charge in [0.2, 0.25) is 0 Å². The van der Waals surface area contributed by atoms with Gasteiger partial charge in [-0.05, 0) is 11.8 Å². The second kappa shape index (κ2) is 3.14. The molecule has 2 unspecified atom stereocenters. The monoisotopic (exact) mass is 179 g/mol. The first-order valence-electron chi connectivity index (χ1n) is 4.89. The van der Waals surface area contributed by atoms with Crippen molar-refractivity contribution in [3.63, 3.8) is 0 Å². The molecule has 1 aromatic rings. The van der Waals surface area contributed by atoms with Gasteiger partial charge in [-0.25, -0.2) is 4.98 Å². The summed E-state index contributed by atoms with van der Waals surface area (Å²) in [7, 11) is 2.01. The minimum atomic E-state index is 0.487. The van der Waals surface area contributed by atoms with E-state index >= 15 is 0 Å². The maximum atomic E-state index is 4.37. The highest BCUT2D eigenvalue weighted by Gasteiger charge is 2.34. The summed E-state index contributed by atoms with van der Waals surface area (Å²) >= 11 is 0. The molecule has 0 saturated carbocycles. The summed E-state index contributed by atoms with van der Waals surface area (Å²) in [4.78, 5) is 4.37. The molecule has 13 heavy (non-hydrogen) atoms. The van der Waals surface area contributed by atoms with Crippen LogP contribution < -0.4 is 5.32 Å². The fourth-order valence-corrected chi connectivity index (χ4v) is 1.91. The molecular weight excluding hydrogens is 162 g/mol. The first kappa shape index (κ1) is 8.75. The normalized spacial score (nSPS) is 27.7. The molecule has 1 aliphatic rings. The number of nitrogens with zero attached hydrogens (tertiary/aromatic N) is 2. The highest BCUT2D eigenvalue weighted by Crippen LogP contribution is 2.33. The maximum Gasteiger partial charge on any atom is 0.0947 e. The van der Waals surface area contributed by atoms with Gasteiger partial charge in [0.25, 0.3) is 0 Å². The van der Waals surface area contributed by atoms with Crippen LogP contribution in [0, 0.1) is 11.8 Å². The van der Waals surface area contributed by atoms with Gasteiger partial charge in [0.1, 0.15) is 0 Å². The average Bonchev–Trinajstić information content (AvgIpc) is 2.32. The van der Waals surface area contributed by atoms with Crippen molar-refractivity contribution in [2.24, 2.45) is 18.9 Å². The van der Waals surface area contributed by atoms with Crippen LogP contribution in [0.5, 0.6) is 0 Å². The zero-order chi connectivity index (χ0) is 9.42. The lowest BCUT2D eigenvalue weighted by Crippen LogP contribution is -2.48. The minimum Gasteiger partial charge on any atom is -0.340 e. The van der Waals surface area contributed by atoms with Crippen LogP contribution in [0.15, 0.2) is 12.5 Å². The predicted molar refractivity (Wildman–Crippen MR) is 52.3 cm³/mol. The van der Waals surface area contributed by atoms with Crippen LogP contribution in [-0.4, -0.2) is 16.1 Å². The molecule has 0 amide bonds. The van der Waals surface area contributed by atoms with Crippen LogP contribution in [-0.2, 0) is 7.05 Å². The van der Waals surface area contributed by atoms with Crippen molar-refractivity contribution in [2.45, 2.75) is 19.9 Å². The highest BCUT2D eigenvalue weighted by molar-refractivity contribution is 5.10. The Hall–Kier alpha value is -0.830. The molecule has 1 N–H and O–H groups in total. The standard InChI is InChI=1S/C10H17N3/c1-7(2)8-4-11-10(8)9-5-13(3)6-12-9/h5-8,10-11H,4H2,1-3H3. The average molecular weight is 179 g/mol. The summed E-state index contributed by atoms with van der Waals surface area (Å²) in [6.07, 6.45) is 3.97. The molecule has 3 heteroatoms. The Kier molecular flexibility index (Phi) is 2.12. The third-order valence-corrected chi connectivity index (χ3v) is 2.90. The molecule has 2 atom stereocenters. The molecule has 0 aliphatic carbocycles. The molecule has 1 fully saturated rings. The highest BCUT2D eigenvalue weighted by atomic mass is 15.1. The third-order valence-electron chi connectivity index (χ3n) is 2.90. The van der Waals surface area contributed by atoms with Gasteiger partial charge in [-0.1, -0.05) is 13.8 Å². The van der Waals surface area contributed by atoms with E-state index in [1.165, 1.54) is 5.69 Å². The lowest BCUT2D eigenvalue weighted by atomic mass is 9.81. The van der Waals surface area contributed by atoms with Crippen molar-refractivity contribution < 1.29 is 0 Å². The second-order valence-electron chi connectivity index (χ2n) is 4.26. The van der Waals surface area contributed by atoms with E-state index in [1.807, 2.05) is 17.9 Å². The van der Waals surface area contributed by atoms with Crippen LogP contribution in [0.2, 0.25) is 0 Å². The Morgan fingerprint density at radius 2 is 2.38 bits per heavy atom. The van der Waals surface area contributed by atoms with Crippen molar-refractivity contribution in [2.75, 3.05) is 6.54 Å². The zero-order valence-electron chi connectivity index (χ0n) is 8.49. The van der Waals surface area contributed by atoms with E-state index in [-0.39, 0.29) is 0 Å². The molecule has 3 nitrogen and oxygen atoms in total. The van der Waals surface area contributed by atoms with Crippen LogP contribution in [0.3, 0.4) is 0 Å². The van der Waals surface area contributed by atoms with Crippen LogP contribution >= 0.6 is 0 Å². The van der Waals surface area contributed by atoms with Crippen molar-refractivity contribution in [1.82, 2.24) is 14.9 Å². The van der Waals surface area contributed by atoms with Crippen LogP contribution in [0.25, 0.3) is 0 Å². The van der Waals surface area contributed by atoms with E-state index in [0.29, 0.717) is 6.04 Å². The van der Waals surface area contributed by atoms with Gasteiger partial charge >= 0.3 is 0 Å². The number of hydrogen-bond acceptors (Lipinski definition) is 2. The Labute approximate surface area is 79.2 Å². The number of hydrogen-bond donors (Lipinski definition) is 1. The minimum absolute atomic E-state index is 0.487. The van der Waals surface area contributed by atoms with Crippen molar-refractivity contribution in [3.8, 4) is 0 Å². The molecular formula is C10H17N3. The number of rotatable bonds is 2. The van der Waals surface area contributed by atoms with Crippen LogP contribution in [0.4, 0.5) is 0 Å². The first-order chi connectivity index (χ1) is 6.18. The van der Waals surface area contributed by atoms with Crippen LogP contribution in [0.1, 0.15) is 25.6 Å². The smallest absolute Gasteiger partial charge is 0.0947 e. The summed E-state index contributed by atoms with van der Waals surface area (Å²) in [6.45, 7) is 5.70. The molecule has 0 spiro atoms. The number of aromatic nitrogens is 2. The Morgan fingerprint density at radius 3 is 2.77 bits per heavy atom. The fraction of sp³-hybridized carbons (Fsp3) is 0.700. The largest absolute Gasteiger partial charge is 0.340 e. The maximum absolute atomic E-state index is 4.37. The quantitative estimate of drug-likeness (QED) is 0.742. The number of nitrogens with one attached hydrogen (secondary N) is 1. The lowest BCUT2D eigenvalue weighted by Gasteiger charge is -2.39. The third kappa shape index (κ3) is 1.48. The molecule has 0 bridgehead atoms. The van der Waals surface area contributed by atoms with Gasteiger partial charge in [0, 0.05) is 19.8 Å². The second-order valence-corrected chi connectivity index (χ2v) is 4.26. The molecule has 1 saturated heterocycles. The van der Waals surface area contributed by atoms with E-state index in [9.17, 15) is 0 Å². The van der Waals surface area contributed by atoms with E-state index in [0.717, 1.165) is 18.4 Å². The van der Waals surface area contributed by atoms with E-state index in [1.54, 1.807) is 0 Å². The summed E-state index contributed by atoms with van der Waals surface area (Å²) < 4.78 is 2.01. The predicted octanol–water partition coefficient (Wildman–Crippen LogP) is 1.34. The van der Waals surface area contributed by atoms with Crippen molar-refractivity contribution in [1.29, 1.82) is 0 Å². The topological polar surface area (TPSA) is 29.9 Å². The van der Waals surface area contributed by atoms with E-state index < -0.39 is 0 Å². The SMILES string of the molecule is CC(C)C1CNC1c1cn(C)cn1. The summed E-state index contributed by atoms with van der Waals surface area (Å²) in [5.41, 5.74) is 1.19. The Morgan fingerprint density at radius 1 is 1.62 bits per heavy atom. The van der Waals surface area contributed by atoms with E-state index in [2.05, 4.69) is 30.3 Å². The fourth-order valence-electron chi connectivity index (χ4n) is 1.91. The summed E-state index contributed by atoms with van der Waals surface area (Å²) in [5, 5.41) is 3.43. The Bertz CT molecular complexity index is 290. The lowest BCUT2D eigenvalue weighted by molar-refractivity contribution is 0.171. The summed E-state index contributed by atoms with van der Waals surface area (Å²) in [5.74, 6) is 1.50. The van der Waals surface area contributed by atoms with Crippen molar-refractivity contribution in [3.05, 3.63) is 18.2 Å². The number of aryl methyl sites for hydroxylation is 1. The molecule has 1 aromatic heterocycles. The van der Waals surface area contributed by atoms with Gasteiger partial charge in [-0.3, -0.25) is 0 Å². The van der Waals surface area contributed by atoms with Gasteiger partial charge in [-0.15, -0.1) is 0 Å². The molecule has 2 rings (SSSR count). The molecule has 0 radical (unpaired) electrons. The first-order valence-corrected chi connectivity index (χ1v) is 4.89. The van der Waals surface area contributed by atoms with Crippen molar-refractivity contribution >= 4 is 0 Å². The van der Waals surface area contributed by atoms with Gasteiger partial charge in [-0.2, -0.15) is 0 Å². The molecule has 1 aliphatic heterocycles. The number of imidazole rings is 1. The summed E-state index contributed by atoms with van der Waals surface area (Å²) in [6, 6.07) is 0.487. The van der Waals surface area contributed by atoms with Gasteiger partial charge < -0.3 is 9.88 Å². The molecule has 2 heterocycles. The Balaban J connectivity index is 2.10.